The Morgan fingerprint density at radius 1 is 1.00 bits per heavy atom. The van der Waals surface area contributed by atoms with E-state index in [0.29, 0.717) is 16.0 Å². The van der Waals surface area contributed by atoms with Crippen LogP contribution in [-0.4, -0.2) is 19.6 Å². The normalized spacial score (nSPS) is 19.0. The lowest BCUT2D eigenvalue weighted by Crippen LogP contribution is -2.07. The van der Waals surface area contributed by atoms with Gasteiger partial charge in [-0.25, -0.2) is 0 Å². The molecule has 0 unspecified atom stereocenters. The molecule has 164 valence electrons. The molecule has 1 aliphatic heterocycles. The molecule has 5 nitrogen and oxygen atoms in total. The summed E-state index contributed by atoms with van der Waals surface area (Å²) in [5.41, 5.74) is 3.94. The van der Waals surface area contributed by atoms with E-state index in [1.165, 1.54) is 5.56 Å². The Balaban J connectivity index is 1.38. The second kappa shape index (κ2) is 8.93. The van der Waals surface area contributed by atoms with E-state index in [-0.39, 0.29) is 19.3 Å². The van der Waals surface area contributed by atoms with E-state index in [1.807, 2.05) is 36.4 Å². The lowest BCUT2D eigenvalue weighted by Gasteiger charge is -2.10. The lowest BCUT2D eigenvalue weighted by molar-refractivity contribution is 0.130. The van der Waals surface area contributed by atoms with Crippen LogP contribution in [0.3, 0.4) is 0 Å². The highest BCUT2D eigenvalue weighted by molar-refractivity contribution is 6.35. The van der Waals surface area contributed by atoms with Crippen molar-refractivity contribution in [2.75, 3.05) is 13.9 Å². The van der Waals surface area contributed by atoms with Gasteiger partial charge in [0.25, 0.3) is 0 Å². The largest absolute Gasteiger partial charge is 0.497 e. The summed E-state index contributed by atoms with van der Waals surface area (Å²) >= 11 is 12.3. The van der Waals surface area contributed by atoms with Crippen molar-refractivity contribution in [1.82, 2.24) is 0 Å². The molecule has 32 heavy (non-hydrogen) atoms. The Labute approximate surface area is 196 Å². The molecule has 0 spiro atoms. The average Bonchev–Trinajstić information content (AvgIpc) is 3.45. The van der Waals surface area contributed by atoms with Crippen molar-refractivity contribution in [2.45, 2.75) is 18.9 Å². The van der Waals surface area contributed by atoms with Crippen LogP contribution in [0.5, 0.6) is 17.2 Å². The van der Waals surface area contributed by atoms with Gasteiger partial charge in [-0.2, -0.15) is 0 Å². The molecule has 0 aromatic heterocycles. The van der Waals surface area contributed by atoms with Crippen LogP contribution >= 0.6 is 23.2 Å². The molecule has 0 bridgehead atoms. The summed E-state index contributed by atoms with van der Waals surface area (Å²) < 4.78 is 16.3. The fraction of sp³-hybridized carbons (Fsp3) is 0.240. The summed E-state index contributed by atoms with van der Waals surface area (Å²) in [4.78, 5) is 5.76. The molecule has 1 aliphatic carbocycles. The van der Waals surface area contributed by atoms with Crippen LogP contribution < -0.4 is 14.2 Å². The zero-order valence-corrected chi connectivity index (χ0v) is 18.9. The highest BCUT2D eigenvalue weighted by atomic mass is 35.5. The lowest BCUT2D eigenvalue weighted by atomic mass is 10.0. The first-order valence-corrected chi connectivity index (χ1v) is 11.1. The van der Waals surface area contributed by atoms with E-state index in [4.69, 9.17) is 42.3 Å². The van der Waals surface area contributed by atoms with Crippen LogP contribution in [0.25, 0.3) is 0 Å². The standard InChI is InChI=1S/C25H21Cl2NO4/c1-29-19-7-3-15(4-8-19)25(28-32-13-17-2-6-18(26)11-22(17)27)21-12-20(21)16-5-9-23-24(10-16)31-14-30-23/h2-11,20-21H,12-14H2,1H3/b28-25-/t20-,21-/m0/s1. The first kappa shape index (κ1) is 21.0. The van der Waals surface area contributed by atoms with Gasteiger partial charge in [0, 0.05) is 21.5 Å². The summed E-state index contributed by atoms with van der Waals surface area (Å²) in [5, 5.41) is 5.69. The molecule has 5 rings (SSSR count). The molecule has 3 aromatic carbocycles. The van der Waals surface area contributed by atoms with Gasteiger partial charge >= 0.3 is 0 Å². The molecule has 7 heteroatoms. The third kappa shape index (κ3) is 4.36. The van der Waals surface area contributed by atoms with Gasteiger partial charge < -0.3 is 19.0 Å². The van der Waals surface area contributed by atoms with Crippen LogP contribution in [0, 0.1) is 5.92 Å². The van der Waals surface area contributed by atoms with Crippen LogP contribution in [0.1, 0.15) is 29.0 Å². The molecule has 1 heterocycles. The number of nitrogens with zero attached hydrogens (tertiary/aromatic N) is 1. The number of benzene rings is 3. The number of methoxy groups -OCH3 is 1. The van der Waals surface area contributed by atoms with Crippen molar-refractivity contribution in [3.05, 3.63) is 87.4 Å². The fourth-order valence-electron chi connectivity index (χ4n) is 3.92. The second-order valence-electron chi connectivity index (χ2n) is 7.78. The van der Waals surface area contributed by atoms with Crippen molar-refractivity contribution in [2.24, 2.45) is 11.1 Å². The average molecular weight is 470 g/mol. The van der Waals surface area contributed by atoms with Gasteiger partial charge in [0.2, 0.25) is 6.79 Å². The summed E-state index contributed by atoms with van der Waals surface area (Å²) in [5.74, 6) is 2.96. The Hall–Kier alpha value is -2.89. The smallest absolute Gasteiger partial charge is 0.231 e. The van der Waals surface area contributed by atoms with Crippen LogP contribution in [0.15, 0.2) is 65.8 Å². The number of halogens is 2. The molecule has 3 aromatic rings. The summed E-state index contributed by atoms with van der Waals surface area (Å²) in [6.45, 7) is 0.531. The number of ether oxygens (including phenoxy) is 3. The van der Waals surface area contributed by atoms with E-state index in [2.05, 4.69) is 17.3 Å². The molecule has 0 amide bonds. The van der Waals surface area contributed by atoms with Crippen molar-refractivity contribution in [3.63, 3.8) is 0 Å². The van der Waals surface area contributed by atoms with E-state index < -0.39 is 0 Å². The van der Waals surface area contributed by atoms with Crippen molar-refractivity contribution in [3.8, 4) is 17.2 Å². The zero-order valence-electron chi connectivity index (χ0n) is 17.4. The number of fused-ring (bicyclic) bond motifs is 1. The Morgan fingerprint density at radius 3 is 2.59 bits per heavy atom. The SMILES string of the molecule is COc1ccc(/C(=N/OCc2ccc(Cl)cc2Cl)[C@H]2C[C@H]2c2ccc3c(c2)OCO3)cc1. The van der Waals surface area contributed by atoms with Crippen molar-refractivity contribution < 1.29 is 19.0 Å². The zero-order chi connectivity index (χ0) is 22.1. The van der Waals surface area contributed by atoms with Crippen LogP contribution in [-0.2, 0) is 11.4 Å². The van der Waals surface area contributed by atoms with Crippen LogP contribution in [0.4, 0.5) is 0 Å². The maximum atomic E-state index is 6.27. The number of rotatable bonds is 7. The summed E-state index contributed by atoms with van der Waals surface area (Å²) in [7, 11) is 1.65. The number of oxime groups is 1. The van der Waals surface area contributed by atoms with E-state index in [9.17, 15) is 0 Å². The summed E-state index contributed by atoms with van der Waals surface area (Å²) in [6, 6.07) is 19.3. The minimum absolute atomic E-state index is 0.240. The Morgan fingerprint density at radius 2 is 1.81 bits per heavy atom. The highest BCUT2D eigenvalue weighted by Gasteiger charge is 2.43. The predicted molar refractivity (Wildman–Crippen MR) is 124 cm³/mol. The molecular weight excluding hydrogens is 449 g/mol. The molecule has 0 radical (unpaired) electrons. The van der Waals surface area contributed by atoms with Gasteiger partial charge in [0.05, 0.1) is 12.8 Å². The number of hydrogen-bond acceptors (Lipinski definition) is 5. The van der Waals surface area contributed by atoms with Gasteiger partial charge in [-0.05, 0) is 72.0 Å². The second-order valence-corrected chi connectivity index (χ2v) is 8.62. The Bertz CT molecular complexity index is 1160. The highest BCUT2D eigenvalue weighted by Crippen LogP contribution is 2.51. The fourth-order valence-corrected chi connectivity index (χ4v) is 4.38. The first-order chi connectivity index (χ1) is 15.6. The molecule has 2 atom stereocenters. The van der Waals surface area contributed by atoms with Gasteiger partial charge in [-0.15, -0.1) is 0 Å². The van der Waals surface area contributed by atoms with E-state index >= 15 is 0 Å². The number of hydrogen-bond donors (Lipinski definition) is 0. The van der Waals surface area contributed by atoms with Gasteiger partial charge in [0.1, 0.15) is 12.4 Å². The van der Waals surface area contributed by atoms with Crippen LogP contribution in [0.2, 0.25) is 10.0 Å². The summed E-state index contributed by atoms with van der Waals surface area (Å²) in [6.07, 6.45) is 0.982. The van der Waals surface area contributed by atoms with E-state index in [0.717, 1.165) is 40.5 Å². The maximum absolute atomic E-state index is 6.27. The third-order valence-electron chi connectivity index (χ3n) is 5.75. The van der Waals surface area contributed by atoms with Gasteiger partial charge in [-0.3, -0.25) is 0 Å². The first-order valence-electron chi connectivity index (χ1n) is 10.3. The molecule has 2 aliphatic rings. The quantitative estimate of drug-likeness (QED) is 0.294. The predicted octanol–water partition coefficient (Wildman–Crippen LogP) is 6.46. The molecular formula is C25H21Cl2NO4. The Kier molecular flexibility index (Phi) is 5.85. The van der Waals surface area contributed by atoms with Crippen molar-refractivity contribution in [1.29, 1.82) is 0 Å². The topological polar surface area (TPSA) is 49.3 Å². The maximum Gasteiger partial charge on any atom is 0.231 e. The molecule has 1 saturated carbocycles. The molecule has 0 saturated heterocycles. The monoisotopic (exact) mass is 469 g/mol. The third-order valence-corrected chi connectivity index (χ3v) is 6.34. The molecule has 1 fully saturated rings. The van der Waals surface area contributed by atoms with Gasteiger partial charge in [-0.1, -0.05) is 40.5 Å². The minimum Gasteiger partial charge on any atom is -0.497 e. The minimum atomic E-state index is 0.240. The van der Waals surface area contributed by atoms with E-state index in [1.54, 1.807) is 19.2 Å². The van der Waals surface area contributed by atoms with Crippen molar-refractivity contribution >= 4 is 28.9 Å². The van der Waals surface area contributed by atoms with Gasteiger partial charge in [0.15, 0.2) is 11.5 Å². The molecule has 0 N–H and O–H groups in total.